The fraction of sp³-hybridized carbons (Fsp3) is 0.733. The Morgan fingerprint density at radius 2 is 2.15 bits per heavy atom. The first-order valence-corrected chi connectivity index (χ1v) is 9.65. The van der Waals surface area contributed by atoms with E-state index in [9.17, 15) is 8.42 Å². The normalized spacial score (nSPS) is 19.6. The Bertz CT molecular complexity index is 534. The highest BCUT2D eigenvalue weighted by Gasteiger charge is 2.20. The average molecular weight is 298 g/mol. The molecule has 5 heteroatoms. The lowest BCUT2D eigenvalue weighted by Crippen LogP contribution is -2.21. The fourth-order valence-electron chi connectivity index (χ4n) is 2.85. The van der Waals surface area contributed by atoms with E-state index >= 15 is 0 Å². The van der Waals surface area contributed by atoms with Crippen molar-refractivity contribution in [3.63, 3.8) is 0 Å². The number of sulfone groups is 1. The van der Waals surface area contributed by atoms with Gasteiger partial charge in [-0.25, -0.2) is 8.42 Å². The number of aryl methyl sites for hydroxylation is 2. The summed E-state index contributed by atoms with van der Waals surface area (Å²) < 4.78 is 24.6. The van der Waals surface area contributed by atoms with Gasteiger partial charge in [0, 0.05) is 31.2 Å². The van der Waals surface area contributed by atoms with E-state index in [2.05, 4.69) is 29.2 Å². The van der Waals surface area contributed by atoms with Crippen LogP contribution < -0.4 is 5.32 Å². The molecule has 1 N–H and O–H groups in total. The molecule has 114 valence electrons. The largest absolute Gasteiger partial charge is 0.353 e. The third-order valence-electron chi connectivity index (χ3n) is 3.92. The Kier molecular flexibility index (Phi) is 5.27. The van der Waals surface area contributed by atoms with Crippen LogP contribution in [0.15, 0.2) is 12.4 Å². The Morgan fingerprint density at radius 3 is 2.85 bits per heavy atom. The Balaban J connectivity index is 2.12. The topological polar surface area (TPSA) is 51.1 Å². The molecule has 2 rings (SSSR count). The molecule has 4 nitrogen and oxygen atoms in total. The van der Waals surface area contributed by atoms with Crippen molar-refractivity contribution in [1.82, 2.24) is 9.88 Å². The molecule has 0 bridgehead atoms. The molecule has 0 spiro atoms. The predicted molar refractivity (Wildman–Crippen MR) is 82.7 cm³/mol. The Hall–Kier alpha value is -0.810. The molecular formula is C15H26N2O2S. The van der Waals surface area contributed by atoms with Gasteiger partial charge in [-0.05, 0) is 43.4 Å². The molecule has 1 aliphatic rings. The SMILES string of the molecule is CCCNC1CCCCc2cn(CCS(C)(=O)=O)cc21. The van der Waals surface area contributed by atoms with E-state index in [-0.39, 0.29) is 5.75 Å². The van der Waals surface area contributed by atoms with Crippen molar-refractivity contribution in [3.05, 3.63) is 23.5 Å². The van der Waals surface area contributed by atoms with E-state index in [0.29, 0.717) is 12.6 Å². The molecule has 1 aliphatic carbocycles. The molecule has 1 unspecified atom stereocenters. The summed E-state index contributed by atoms with van der Waals surface area (Å²) in [4.78, 5) is 0. The maximum absolute atomic E-state index is 11.3. The van der Waals surface area contributed by atoms with E-state index in [1.807, 2.05) is 0 Å². The van der Waals surface area contributed by atoms with Gasteiger partial charge in [-0.1, -0.05) is 13.3 Å². The van der Waals surface area contributed by atoms with Crippen LogP contribution in [0.2, 0.25) is 0 Å². The number of nitrogens with one attached hydrogen (secondary N) is 1. The minimum absolute atomic E-state index is 0.216. The lowest BCUT2D eigenvalue weighted by atomic mass is 10.0. The molecule has 1 aromatic rings. The van der Waals surface area contributed by atoms with Crippen LogP contribution in [0, 0.1) is 0 Å². The van der Waals surface area contributed by atoms with Crippen molar-refractivity contribution in [1.29, 1.82) is 0 Å². The van der Waals surface area contributed by atoms with Gasteiger partial charge in [0.2, 0.25) is 0 Å². The zero-order valence-corrected chi connectivity index (χ0v) is 13.4. The second kappa shape index (κ2) is 6.76. The molecule has 1 heterocycles. The first-order chi connectivity index (χ1) is 9.49. The number of aromatic nitrogens is 1. The van der Waals surface area contributed by atoms with Gasteiger partial charge >= 0.3 is 0 Å². The molecule has 0 fully saturated rings. The van der Waals surface area contributed by atoms with Crippen LogP contribution in [0.25, 0.3) is 0 Å². The van der Waals surface area contributed by atoms with Gasteiger partial charge < -0.3 is 9.88 Å². The summed E-state index contributed by atoms with van der Waals surface area (Å²) in [5, 5.41) is 3.62. The third-order valence-corrected chi connectivity index (χ3v) is 4.85. The van der Waals surface area contributed by atoms with E-state index in [1.165, 1.54) is 36.6 Å². The smallest absolute Gasteiger partial charge is 0.149 e. The van der Waals surface area contributed by atoms with E-state index in [0.717, 1.165) is 19.4 Å². The van der Waals surface area contributed by atoms with Gasteiger partial charge in [-0.2, -0.15) is 0 Å². The lowest BCUT2D eigenvalue weighted by molar-refractivity contribution is 0.488. The second-order valence-corrected chi connectivity index (χ2v) is 8.12. The molecule has 0 radical (unpaired) electrons. The zero-order valence-electron chi connectivity index (χ0n) is 12.6. The highest BCUT2D eigenvalue weighted by Crippen LogP contribution is 2.29. The number of hydrogen-bond donors (Lipinski definition) is 1. The maximum Gasteiger partial charge on any atom is 0.149 e. The maximum atomic E-state index is 11.3. The fourth-order valence-corrected chi connectivity index (χ4v) is 3.39. The average Bonchev–Trinajstić information content (AvgIpc) is 2.69. The summed E-state index contributed by atoms with van der Waals surface area (Å²) in [5.41, 5.74) is 2.77. The van der Waals surface area contributed by atoms with Crippen molar-refractivity contribution in [2.45, 2.75) is 51.6 Å². The lowest BCUT2D eigenvalue weighted by Gasteiger charge is -2.16. The Labute approximate surface area is 122 Å². The number of fused-ring (bicyclic) bond motifs is 1. The standard InChI is InChI=1S/C15H26N2O2S/c1-3-8-16-15-7-5-4-6-13-11-17(12-14(13)15)9-10-20(2,18)19/h11-12,15-16H,3-10H2,1-2H3. The quantitative estimate of drug-likeness (QED) is 0.820. The van der Waals surface area contributed by atoms with E-state index < -0.39 is 9.84 Å². The van der Waals surface area contributed by atoms with Crippen LogP contribution in [0.1, 0.15) is 49.8 Å². The predicted octanol–water partition coefficient (Wildman–Crippen LogP) is 2.30. The molecule has 1 aromatic heterocycles. The number of hydrogen-bond acceptors (Lipinski definition) is 3. The first-order valence-electron chi connectivity index (χ1n) is 7.59. The first kappa shape index (κ1) is 15.6. The van der Waals surface area contributed by atoms with Crippen molar-refractivity contribution in [2.24, 2.45) is 0 Å². The molecule has 0 amide bonds. The molecule has 0 aromatic carbocycles. The summed E-state index contributed by atoms with van der Waals surface area (Å²) in [5.74, 6) is 0.216. The molecule has 20 heavy (non-hydrogen) atoms. The molecule has 0 aliphatic heterocycles. The van der Waals surface area contributed by atoms with Gasteiger partial charge in [-0.3, -0.25) is 0 Å². The summed E-state index contributed by atoms with van der Waals surface area (Å²) in [6.07, 6.45) is 11.5. The summed E-state index contributed by atoms with van der Waals surface area (Å²) in [6, 6.07) is 0.437. The third kappa shape index (κ3) is 4.35. The summed E-state index contributed by atoms with van der Waals surface area (Å²) in [7, 11) is -2.90. The highest BCUT2D eigenvalue weighted by molar-refractivity contribution is 7.90. The number of nitrogens with zero attached hydrogens (tertiary/aromatic N) is 1. The molecule has 0 saturated heterocycles. The van der Waals surface area contributed by atoms with Crippen molar-refractivity contribution in [3.8, 4) is 0 Å². The van der Waals surface area contributed by atoms with Gasteiger partial charge in [0.25, 0.3) is 0 Å². The number of rotatable bonds is 6. The van der Waals surface area contributed by atoms with Gasteiger partial charge in [0.05, 0.1) is 5.75 Å². The summed E-state index contributed by atoms with van der Waals surface area (Å²) >= 11 is 0. The highest BCUT2D eigenvalue weighted by atomic mass is 32.2. The van der Waals surface area contributed by atoms with Crippen molar-refractivity contribution >= 4 is 9.84 Å². The van der Waals surface area contributed by atoms with Gasteiger partial charge in [0.1, 0.15) is 9.84 Å². The molecule has 1 atom stereocenters. The van der Waals surface area contributed by atoms with E-state index in [4.69, 9.17) is 0 Å². The minimum atomic E-state index is -2.90. The van der Waals surface area contributed by atoms with E-state index in [1.54, 1.807) is 0 Å². The zero-order chi connectivity index (χ0) is 14.6. The molecular weight excluding hydrogens is 272 g/mol. The van der Waals surface area contributed by atoms with Crippen LogP contribution in [0.4, 0.5) is 0 Å². The van der Waals surface area contributed by atoms with Crippen molar-refractivity contribution < 1.29 is 8.42 Å². The van der Waals surface area contributed by atoms with Crippen LogP contribution >= 0.6 is 0 Å². The minimum Gasteiger partial charge on any atom is -0.353 e. The van der Waals surface area contributed by atoms with Gasteiger partial charge in [0.15, 0.2) is 0 Å². The van der Waals surface area contributed by atoms with Crippen LogP contribution in [0.3, 0.4) is 0 Å². The van der Waals surface area contributed by atoms with Crippen LogP contribution in [-0.4, -0.2) is 31.5 Å². The monoisotopic (exact) mass is 298 g/mol. The van der Waals surface area contributed by atoms with Crippen LogP contribution in [-0.2, 0) is 22.8 Å². The van der Waals surface area contributed by atoms with Gasteiger partial charge in [-0.15, -0.1) is 0 Å². The Morgan fingerprint density at radius 1 is 1.35 bits per heavy atom. The summed E-state index contributed by atoms with van der Waals surface area (Å²) in [6.45, 7) is 3.78. The van der Waals surface area contributed by atoms with Crippen molar-refractivity contribution in [2.75, 3.05) is 18.6 Å². The van der Waals surface area contributed by atoms with Crippen LogP contribution in [0.5, 0.6) is 0 Å². The molecule has 0 saturated carbocycles. The second-order valence-electron chi connectivity index (χ2n) is 5.86.